The fourth-order valence-electron chi connectivity index (χ4n) is 4.35. The third-order valence-corrected chi connectivity index (χ3v) is 5.63. The first-order valence-corrected chi connectivity index (χ1v) is 8.93. The summed E-state index contributed by atoms with van der Waals surface area (Å²) in [5.74, 6) is 0.971. The van der Waals surface area contributed by atoms with Crippen LogP contribution in [0.4, 0.5) is 5.82 Å². The van der Waals surface area contributed by atoms with E-state index in [9.17, 15) is 0 Å². The van der Waals surface area contributed by atoms with Crippen LogP contribution in [0.1, 0.15) is 29.7 Å². The largest absolute Gasteiger partial charge is 0.355 e. The molecule has 2 aliphatic rings. The van der Waals surface area contributed by atoms with E-state index in [1.54, 1.807) is 0 Å². The molecule has 2 aromatic rings. The summed E-state index contributed by atoms with van der Waals surface area (Å²) in [5, 5.41) is 17.7. The average Bonchev–Trinajstić information content (AvgIpc) is 2.64. The lowest BCUT2D eigenvalue weighted by Gasteiger charge is -2.48. The lowest BCUT2D eigenvalue weighted by molar-refractivity contribution is 0.167. The predicted molar refractivity (Wildman–Crippen MR) is 97.2 cm³/mol. The summed E-state index contributed by atoms with van der Waals surface area (Å²) in [4.78, 5) is 4.63. The number of hydrogen-bond donors (Lipinski definition) is 0. The van der Waals surface area contributed by atoms with Crippen molar-refractivity contribution in [1.29, 1.82) is 5.26 Å². The quantitative estimate of drug-likeness (QED) is 0.791. The first-order chi connectivity index (χ1) is 12.2. The maximum atomic E-state index is 9.15. The zero-order valence-electron chi connectivity index (χ0n) is 14.6. The minimum absolute atomic E-state index is 0.153. The molecule has 1 fully saturated rings. The van der Waals surface area contributed by atoms with E-state index in [1.807, 2.05) is 13.0 Å². The van der Waals surface area contributed by atoms with Crippen LogP contribution in [-0.2, 0) is 12.0 Å². The van der Waals surface area contributed by atoms with Crippen molar-refractivity contribution in [3.05, 3.63) is 53.2 Å². The van der Waals surface area contributed by atoms with Crippen LogP contribution in [0.25, 0.3) is 0 Å². The van der Waals surface area contributed by atoms with Crippen LogP contribution in [0.15, 0.2) is 36.4 Å². The molecule has 0 bridgehead atoms. The van der Waals surface area contributed by atoms with Gasteiger partial charge in [0, 0.05) is 31.6 Å². The predicted octanol–water partition coefficient (Wildman–Crippen LogP) is 2.66. The third-order valence-electron chi connectivity index (χ3n) is 5.63. The normalized spacial score (nSPS) is 19.4. The second kappa shape index (κ2) is 6.45. The van der Waals surface area contributed by atoms with Crippen LogP contribution in [0.3, 0.4) is 0 Å². The molecule has 25 heavy (non-hydrogen) atoms. The lowest BCUT2D eigenvalue weighted by Crippen LogP contribution is -2.52. The van der Waals surface area contributed by atoms with Gasteiger partial charge < -0.3 is 4.90 Å². The summed E-state index contributed by atoms with van der Waals surface area (Å²) < 4.78 is 0. The van der Waals surface area contributed by atoms with E-state index in [1.165, 1.54) is 11.1 Å². The molecule has 0 atom stereocenters. The molecule has 1 saturated heterocycles. The van der Waals surface area contributed by atoms with E-state index in [0.717, 1.165) is 50.5 Å². The van der Waals surface area contributed by atoms with Gasteiger partial charge in [0.15, 0.2) is 5.82 Å². The van der Waals surface area contributed by atoms with E-state index < -0.39 is 0 Å². The number of nitrogens with zero attached hydrogens (tertiary/aromatic N) is 5. The Kier molecular flexibility index (Phi) is 4.14. The Bertz CT molecular complexity index is 784. The Morgan fingerprint density at radius 2 is 1.92 bits per heavy atom. The highest BCUT2D eigenvalue weighted by Crippen LogP contribution is 2.42. The third kappa shape index (κ3) is 2.98. The van der Waals surface area contributed by atoms with Crippen molar-refractivity contribution in [3.63, 3.8) is 0 Å². The zero-order chi connectivity index (χ0) is 17.3. The van der Waals surface area contributed by atoms with E-state index in [4.69, 9.17) is 5.26 Å². The standard InChI is InChI=1S/C20H23N5/c1-16-6-7-19(23-22-16)25-11-8-20(9-12-25)15-24(13-10-21)14-17-4-2-3-5-18(17)20/h2-7H,8-9,11-15H2,1H3. The van der Waals surface area contributed by atoms with Gasteiger partial charge in [-0.15, -0.1) is 5.10 Å². The van der Waals surface area contributed by atoms with Crippen LogP contribution in [0, 0.1) is 18.3 Å². The van der Waals surface area contributed by atoms with Crippen molar-refractivity contribution in [1.82, 2.24) is 15.1 Å². The Balaban J connectivity index is 1.58. The molecular formula is C20H23N5. The Morgan fingerprint density at radius 3 is 2.64 bits per heavy atom. The number of aryl methyl sites for hydroxylation is 1. The molecule has 5 heteroatoms. The van der Waals surface area contributed by atoms with Gasteiger partial charge in [-0.05, 0) is 43.0 Å². The monoisotopic (exact) mass is 333 g/mol. The van der Waals surface area contributed by atoms with Gasteiger partial charge in [-0.1, -0.05) is 24.3 Å². The number of piperidine rings is 1. The average molecular weight is 333 g/mol. The molecule has 1 spiro atoms. The van der Waals surface area contributed by atoms with Gasteiger partial charge in [0.25, 0.3) is 0 Å². The smallest absolute Gasteiger partial charge is 0.151 e. The second-order valence-corrected chi connectivity index (χ2v) is 7.26. The molecule has 4 rings (SSSR count). The molecule has 0 amide bonds. The van der Waals surface area contributed by atoms with Crippen LogP contribution in [0.5, 0.6) is 0 Å². The van der Waals surface area contributed by atoms with Gasteiger partial charge in [-0.25, -0.2) is 0 Å². The summed E-state index contributed by atoms with van der Waals surface area (Å²) >= 11 is 0. The lowest BCUT2D eigenvalue weighted by atomic mass is 9.69. The number of anilines is 1. The second-order valence-electron chi connectivity index (χ2n) is 7.26. The number of benzene rings is 1. The van der Waals surface area contributed by atoms with Gasteiger partial charge in [-0.3, -0.25) is 4.90 Å². The Labute approximate surface area is 148 Å². The highest BCUT2D eigenvalue weighted by Gasteiger charge is 2.41. The molecule has 128 valence electrons. The van der Waals surface area contributed by atoms with Crippen molar-refractivity contribution < 1.29 is 0 Å². The molecule has 0 saturated carbocycles. The maximum Gasteiger partial charge on any atom is 0.151 e. The summed E-state index contributed by atoms with van der Waals surface area (Å²) in [6.07, 6.45) is 2.17. The van der Waals surface area contributed by atoms with E-state index >= 15 is 0 Å². The van der Waals surface area contributed by atoms with Gasteiger partial charge in [0.05, 0.1) is 18.3 Å². The maximum absolute atomic E-state index is 9.15. The van der Waals surface area contributed by atoms with E-state index in [0.29, 0.717) is 6.54 Å². The highest BCUT2D eigenvalue weighted by molar-refractivity contribution is 5.42. The van der Waals surface area contributed by atoms with Gasteiger partial charge in [-0.2, -0.15) is 10.4 Å². The summed E-state index contributed by atoms with van der Waals surface area (Å²) in [6, 6.07) is 15.2. The molecule has 0 unspecified atom stereocenters. The van der Waals surface area contributed by atoms with Crippen molar-refractivity contribution in [2.75, 3.05) is 31.1 Å². The molecule has 0 radical (unpaired) electrons. The molecule has 5 nitrogen and oxygen atoms in total. The summed E-state index contributed by atoms with van der Waals surface area (Å²) in [6.45, 7) is 6.29. The first kappa shape index (κ1) is 16.0. The minimum Gasteiger partial charge on any atom is -0.355 e. The fourth-order valence-corrected chi connectivity index (χ4v) is 4.35. The minimum atomic E-state index is 0.153. The van der Waals surface area contributed by atoms with Gasteiger partial charge >= 0.3 is 0 Å². The van der Waals surface area contributed by atoms with Crippen LogP contribution in [0.2, 0.25) is 0 Å². The highest BCUT2D eigenvalue weighted by atomic mass is 15.3. The van der Waals surface area contributed by atoms with Crippen molar-refractivity contribution >= 4 is 5.82 Å². The van der Waals surface area contributed by atoms with Gasteiger partial charge in [0.1, 0.15) is 0 Å². The van der Waals surface area contributed by atoms with Crippen LogP contribution < -0.4 is 4.90 Å². The number of aromatic nitrogens is 2. The molecule has 2 aliphatic heterocycles. The number of fused-ring (bicyclic) bond motifs is 2. The number of rotatable bonds is 2. The number of nitriles is 1. The molecule has 0 aliphatic carbocycles. The van der Waals surface area contributed by atoms with Crippen LogP contribution >= 0.6 is 0 Å². The zero-order valence-corrected chi connectivity index (χ0v) is 14.6. The Hall–Kier alpha value is -2.45. The molecule has 1 aromatic heterocycles. The van der Waals surface area contributed by atoms with Crippen molar-refractivity contribution in [2.45, 2.75) is 31.7 Å². The molecule has 3 heterocycles. The first-order valence-electron chi connectivity index (χ1n) is 8.93. The van der Waals surface area contributed by atoms with Gasteiger partial charge in [0.2, 0.25) is 0 Å². The summed E-state index contributed by atoms with van der Waals surface area (Å²) in [5.41, 5.74) is 3.97. The number of hydrogen-bond acceptors (Lipinski definition) is 5. The van der Waals surface area contributed by atoms with Crippen LogP contribution in [-0.4, -0.2) is 41.3 Å². The SMILES string of the molecule is Cc1ccc(N2CCC3(CC2)CN(CC#N)Cc2ccccc23)nn1. The fraction of sp³-hybridized carbons (Fsp3) is 0.450. The molecular weight excluding hydrogens is 310 g/mol. The van der Waals surface area contributed by atoms with E-state index in [2.05, 4.69) is 56.4 Å². The topological polar surface area (TPSA) is 56.0 Å². The summed E-state index contributed by atoms with van der Waals surface area (Å²) in [7, 11) is 0. The Morgan fingerprint density at radius 1 is 1.12 bits per heavy atom. The van der Waals surface area contributed by atoms with Crippen molar-refractivity contribution in [3.8, 4) is 6.07 Å². The van der Waals surface area contributed by atoms with E-state index in [-0.39, 0.29) is 5.41 Å². The molecule has 1 aromatic carbocycles. The van der Waals surface area contributed by atoms with Crippen molar-refractivity contribution in [2.24, 2.45) is 0 Å². The molecule has 0 N–H and O–H groups in total.